The van der Waals surface area contributed by atoms with Gasteiger partial charge in [0.25, 0.3) is 0 Å². The average Bonchev–Trinajstić information content (AvgIpc) is 3.38. The number of para-hydroxylation sites is 2. The Balaban J connectivity index is 1.49. The van der Waals surface area contributed by atoms with Crippen molar-refractivity contribution in [3.05, 3.63) is 42.2 Å². The van der Waals surface area contributed by atoms with Gasteiger partial charge < -0.3 is 5.32 Å². The van der Waals surface area contributed by atoms with E-state index in [9.17, 15) is 4.79 Å². The van der Waals surface area contributed by atoms with Crippen molar-refractivity contribution in [2.24, 2.45) is 10.2 Å². The van der Waals surface area contributed by atoms with Gasteiger partial charge in [0.05, 0.1) is 22.9 Å². The summed E-state index contributed by atoms with van der Waals surface area (Å²) in [5, 5.41) is 10.9. The molecule has 1 aromatic carbocycles. The molecule has 0 saturated carbocycles. The second-order valence-electron chi connectivity index (χ2n) is 5.54. The van der Waals surface area contributed by atoms with Gasteiger partial charge in [0.1, 0.15) is 0 Å². The summed E-state index contributed by atoms with van der Waals surface area (Å²) < 4.78 is 0. The molecule has 0 aliphatic carbocycles. The van der Waals surface area contributed by atoms with Crippen LogP contribution >= 0.6 is 0 Å². The summed E-state index contributed by atoms with van der Waals surface area (Å²) in [6.07, 6.45) is 12.0. The topological polar surface area (TPSA) is 79.6 Å². The first kappa shape index (κ1) is 15.8. The van der Waals surface area contributed by atoms with Crippen molar-refractivity contribution in [1.29, 1.82) is 0 Å². The highest BCUT2D eigenvalue weighted by Gasteiger charge is 2.38. The molecule has 0 fully saturated rings. The molecule has 1 aliphatic heterocycles. The lowest BCUT2D eigenvalue weighted by Gasteiger charge is -2.08. The van der Waals surface area contributed by atoms with Crippen LogP contribution in [0.3, 0.4) is 0 Å². The first-order valence-corrected chi connectivity index (χ1v) is 7.76. The maximum absolute atomic E-state index is 11.9. The quantitative estimate of drug-likeness (QED) is 0.629. The van der Waals surface area contributed by atoms with Gasteiger partial charge >= 0.3 is 0 Å². The number of amides is 1. The largest absolute Gasteiger partial charge is 0.352 e. The van der Waals surface area contributed by atoms with Gasteiger partial charge in [-0.1, -0.05) is 12.1 Å². The third-order valence-electron chi connectivity index (χ3n) is 3.75. The second kappa shape index (κ2) is 7.01. The van der Waals surface area contributed by atoms with Gasteiger partial charge in [-0.2, -0.15) is 10.2 Å². The van der Waals surface area contributed by atoms with E-state index < -0.39 is 0 Å². The molecule has 0 saturated heterocycles. The third kappa shape index (κ3) is 4.02. The number of nitrogens with one attached hydrogen (secondary N) is 1. The molecular weight excluding hydrogens is 302 g/mol. The number of benzene rings is 1. The number of carbonyl (C=O) groups is 1. The minimum absolute atomic E-state index is 0.183. The van der Waals surface area contributed by atoms with Crippen LogP contribution in [0.1, 0.15) is 25.0 Å². The zero-order valence-electron chi connectivity index (χ0n) is 13.1. The molecule has 6 heteroatoms. The molecule has 24 heavy (non-hydrogen) atoms. The number of hydrogen-bond donors (Lipinski definition) is 1. The first-order valence-electron chi connectivity index (χ1n) is 7.76. The summed E-state index contributed by atoms with van der Waals surface area (Å²) in [5.74, 6) is 2.40. The van der Waals surface area contributed by atoms with Crippen molar-refractivity contribution in [3.63, 3.8) is 0 Å². The predicted molar refractivity (Wildman–Crippen MR) is 91.9 cm³/mol. The van der Waals surface area contributed by atoms with E-state index in [1.54, 1.807) is 12.3 Å². The monoisotopic (exact) mass is 319 g/mol. The Kier molecular flexibility index (Phi) is 4.62. The Labute approximate surface area is 140 Å². The van der Waals surface area contributed by atoms with E-state index >= 15 is 0 Å². The van der Waals surface area contributed by atoms with Crippen LogP contribution in [0, 0.1) is 12.3 Å². The number of rotatable bonds is 7. The average molecular weight is 319 g/mol. The maximum Gasteiger partial charge on any atom is 0.244 e. The van der Waals surface area contributed by atoms with Crippen LogP contribution < -0.4 is 5.32 Å². The van der Waals surface area contributed by atoms with Crippen molar-refractivity contribution < 1.29 is 4.79 Å². The van der Waals surface area contributed by atoms with E-state index in [-0.39, 0.29) is 11.6 Å². The highest BCUT2D eigenvalue weighted by Crippen LogP contribution is 2.35. The lowest BCUT2D eigenvalue weighted by atomic mass is 10.0. The molecule has 120 valence electrons. The number of hydrogen-bond acceptors (Lipinski definition) is 5. The number of carbonyl (C=O) groups excluding carboxylic acids is 1. The highest BCUT2D eigenvalue weighted by molar-refractivity contribution is 5.91. The van der Waals surface area contributed by atoms with Crippen LogP contribution in [0.5, 0.6) is 0 Å². The molecule has 0 atom stereocenters. The Morgan fingerprint density at radius 1 is 1.25 bits per heavy atom. The van der Waals surface area contributed by atoms with Gasteiger partial charge in [-0.15, -0.1) is 12.3 Å². The number of terminal acetylenes is 1. The summed E-state index contributed by atoms with van der Waals surface area (Å²) in [6.45, 7) is 0.504. The summed E-state index contributed by atoms with van der Waals surface area (Å²) in [5.41, 5.74) is 1.90. The zero-order valence-corrected chi connectivity index (χ0v) is 13.1. The van der Waals surface area contributed by atoms with Crippen molar-refractivity contribution >= 4 is 23.0 Å². The molecule has 1 aromatic heterocycles. The normalized spacial score (nSPS) is 14.6. The summed E-state index contributed by atoms with van der Waals surface area (Å²) >= 11 is 0. The lowest BCUT2D eigenvalue weighted by Crippen LogP contribution is -2.26. The molecule has 0 radical (unpaired) electrons. The molecule has 0 spiro atoms. The van der Waals surface area contributed by atoms with Gasteiger partial charge in [0.2, 0.25) is 5.91 Å². The van der Waals surface area contributed by atoms with Gasteiger partial charge in [-0.3, -0.25) is 9.78 Å². The molecule has 2 heterocycles. The van der Waals surface area contributed by atoms with E-state index in [0.717, 1.165) is 17.5 Å². The third-order valence-corrected chi connectivity index (χ3v) is 3.75. The fourth-order valence-electron chi connectivity index (χ4n) is 2.33. The van der Waals surface area contributed by atoms with E-state index in [1.807, 2.05) is 24.3 Å². The van der Waals surface area contributed by atoms with E-state index in [1.165, 1.54) is 6.08 Å². The number of fused-ring (bicyclic) bond motifs is 1. The van der Waals surface area contributed by atoms with E-state index in [2.05, 4.69) is 31.4 Å². The Morgan fingerprint density at radius 2 is 2.04 bits per heavy atom. The van der Waals surface area contributed by atoms with Crippen molar-refractivity contribution in [3.8, 4) is 12.3 Å². The fraction of sp³-hybridized carbons (Fsp3) is 0.278. The van der Waals surface area contributed by atoms with Gasteiger partial charge in [0, 0.05) is 31.9 Å². The maximum atomic E-state index is 11.9. The smallest absolute Gasteiger partial charge is 0.244 e. The standard InChI is InChI=1S/C18H17N5O/c1-2-3-10-18(22-23-18)11-12-19-17(24)9-8-14-13-20-15-6-4-5-7-16(15)21-14/h1,4-9,13H,3,10-12H2,(H,19,24)/b9-8+. The Hall–Kier alpha value is -3.07. The molecule has 1 amide bonds. The van der Waals surface area contributed by atoms with Crippen LogP contribution in [-0.4, -0.2) is 28.1 Å². The van der Waals surface area contributed by atoms with Crippen LogP contribution in [0.25, 0.3) is 17.1 Å². The molecular formula is C18H17N5O. The molecule has 0 bridgehead atoms. The van der Waals surface area contributed by atoms with Crippen molar-refractivity contribution in [2.45, 2.75) is 24.9 Å². The Bertz CT molecular complexity index is 844. The minimum Gasteiger partial charge on any atom is -0.352 e. The molecule has 6 nitrogen and oxygen atoms in total. The summed E-state index contributed by atoms with van der Waals surface area (Å²) in [4.78, 5) is 20.6. The molecule has 3 rings (SSSR count). The van der Waals surface area contributed by atoms with Crippen LogP contribution in [-0.2, 0) is 4.79 Å². The second-order valence-corrected chi connectivity index (χ2v) is 5.54. The number of nitrogens with zero attached hydrogens (tertiary/aromatic N) is 4. The van der Waals surface area contributed by atoms with Crippen molar-refractivity contribution in [2.75, 3.05) is 6.54 Å². The molecule has 1 N–H and O–H groups in total. The zero-order chi connectivity index (χ0) is 16.8. The van der Waals surface area contributed by atoms with Gasteiger partial charge in [0.15, 0.2) is 5.66 Å². The highest BCUT2D eigenvalue weighted by atomic mass is 16.1. The SMILES string of the molecule is C#CCCC1(CCNC(=O)/C=C/c2cnc3ccccc3n2)N=N1. The van der Waals surface area contributed by atoms with E-state index in [0.29, 0.717) is 25.1 Å². The van der Waals surface area contributed by atoms with Crippen LogP contribution in [0.2, 0.25) is 0 Å². The Morgan fingerprint density at radius 3 is 2.79 bits per heavy atom. The lowest BCUT2D eigenvalue weighted by molar-refractivity contribution is -0.116. The fourth-order valence-corrected chi connectivity index (χ4v) is 2.33. The minimum atomic E-state index is -0.368. The number of aromatic nitrogens is 2. The van der Waals surface area contributed by atoms with Crippen LogP contribution in [0.15, 0.2) is 46.8 Å². The van der Waals surface area contributed by atoms with Crippen LogP contribution in [0.4, 0.5) is 0 Å². The predicted octanol–water partition coefficient (Wildman–Crippen LogP) is 2.72. The summed E-state index contributed by atoms with van der Waals surface area (Å²) in [6, 6.07) is 7.60. The van der Waals surface area contributed by atoms with Crippen molar-refractivity contribution in [1.82, 2.24) is 15.3 Å². The van der Waals surface area contributed by atoms with Gasteiger partial charge in [-0.25, -0.2) is 4.98 Å². The first-order chi connectivity index (χ1) is 11.7. The van der Waals surface area contributed by atoms with E-state index in [4.69, 9.17) is 6.42 Å². The molecule has 1 aliphatic rings. The summed E-state index contributed by atoms with van der Waals surface area (Å²) in [7, 11) is 0. The molecule has 0 unspecified atom stereocenters. The van der Waals surface area contributed by atoms with Gasteiger partial charge in [-0.05, 0) is 18.2 Å². The molecule has 2 aromatic rings.